The fourth-order valence-corrected chi connectivity index (χ4v) is 4.13. The van der Waals surface area contributed by atoms with Gasteiger partial charge < -0.3 is 20.4 Å². The highest BCUT2D eigenvalue weighted by molar-refractivity contribution is 8.00. The lowest BCUT2D eigenvalue weighted by Crippen LogP contribution is -2.51. The molecule has 4 unspecified atom stereocenters. The van der Waals surface area contributed by atoms with Gasteiger partial charge in [0.1, 0.15) is 6.04 Å². The monoisotopic (exact) mass is 288 g/mol. The zero-order valence-corrected chi connectivity index (χ0v) is 11.7. The summed E-state index contributed by atoms with van der Waals surface area (Å²) < 4.78 is 0. The molecule has 2 fully saturated rings. The van der Waals surface area contributed by atoms with E-state index in [-0.39, 0.29) is 11.3 Å². The van der Waals surface area contributed by atoms with E-state index in [9.17, 15) is 19.8 Å². The van der Waals surface area contributed by atoms with Gasteiger partial charge in [-0.25, -0.2) is 4.79 Å². The number of aliphatic hydroxyl groups excluding tert-OH is 1. The van der Waals surface area contributed by atoms with Crippen LogP contribution in [0.5, 0.6) is 0 Å². The molecule has 7 heteroatoms. The molecule has 0 radical (unpaired) electrons. The molecular formula is C12H20N2O4S. The fourth-order valence-electron chi connectivity index (χ4n) is 2.60. The molecule has 19 heavy (non-hydrogen) atoms. The van der Waals surface area contributed by atoms with Gasteiger partial charge >= 0.3 is 5.97 Å². The second-order valence-electron chi connectivity index (χ2n) is 5.03. The Hall–Kier alpha value is -0.790. The van der Waals surface area contributed by atoms with Crippen LogP contribution < -0.4 is 5.32 Å². The highest BCUT2D eigenvalue weighted by Gasteiger charge is 2.44. The minimum Gasteiger partial charge on any atom is -0.480 e. The van der Waals surface area contributed by atoms with Crippen LogP contribution in [0.4, 0.5) is 0 Å². The smallest absolute Gasteiger partial charge is 0.327 e. The van der Waals surface area contributed by atoms with Crippen LogP contribution in [0.25, 0.3) is 0 Å². The number of thioether (sulfide) groups is 1. The molecule has 0 bridgehead atoms. The number of nitrogens with zero attached hydrogens (tertiary/aromatic N) is 1. The zero-order chi connectivity index (χ0) is 14.0. The molecule has 0 aliphatic carbocycles. The summed E-state index contributed by atoms with van der Waals surface area (Å²) in [5.41, 5.74) is 0. The average Bonchev–Trinajstić information content (AvgIpc) is 2.95. The largest absolute Gasteiger partial charge is 0.480 e. The maximum atomic E-state index is 12.5. The van der Waals surface area contributed by atoms with Gasteiger partial charge in [-0.05, 0) is 12.8 Å². The van der Waals surface area contributed by atoms with Crippen molar-refractivity contribution in [2.24, 2.45) is 0 Å². The summed E-state index contributed by atoms with van der Waals surface area (Å²) in [6.07, 6.45) is 1.56. The average molecular weight is 288 g/mol. The van der Waals surface area contributed by atoms with Crippen LogP contribution in [-0.4, -0.2) is 62.8 Å². The molecule has 0 saturated carbocycles. The third kappa shape index (κ3) is 3.04. The number of carboxylic acids is 1. The Morgan fingerprint density at radius 1 is 1.47 bits per heavy atom. The van der Waals surface area contributed by atoms with Crippen LogP contribution in [0, 0.1) is 0 Å². The van der Waals surface area contributed by atoms with Crippen LogP contribution in [0.1, 0.15) is 26.2 Å². The summed E-state index contributed by atoms with van der Waals surface area (Å²) in [4.78, 5) is 25.2. The molecule has 2 aliphatic rings. The van der Waals surface area contributed by atoms with Crippen molar-refractivity contribution >= 4 is 23.6 Å². The first-order chi connectivity index (χ1) is 9.04. The lowest BCUT2D eigenvalue weighted by Gasteiger charge is -2.29. The summed E-state index contributed by atoms with van der Waals surface area (Å²) in [7, 11) is 0. The summed E-state index contributed by atoms with van der Waals surface area (Å²) in [5.74, 6) is -0.688. The van der Waals surface area contributed by atoms with E-state index in [0.29, 0.717) is 18.7 Å². The van der Waals surface area contributed by atoms with Crippen molar-refractivity contribution in [1.29, 1.82) is 0 Å². The lowest BCUT2D eigenvalue weighted by molar-refractivity contribution is -0.150. The first kappa shape index (κ1) is 14.6. The minimum atomic E-state index is -0.946. The summed E-state index contributed by atoms with van der Waals surface area (Å²) in [6, 6.07) is -1.19. The number of carbonyl (C=O) groups is 2. The van der Waals surface area contributed by atoms with Crippen molar-refractivity contribution < 1.29 is 19.8 Å². The molecule has 0 aromatic heterocycles. The number of carboxylic acid groups (broad SMARTS) is 1. The Bertz CT molecular complexity index is 366. The molecule has 0 aromatic carbocycles. The van der Waals surface area contributed by atoms with E-state index in [4.69, 9.17) is 0 Å². The summed E-state index contributed by atoms with van der Waals surface area (Å²) in [5, 5.41) is 21.6. The Morgan fingerprint density at radius 2 is 2.21 bits per heavy atom. The second-order valence-corrected chi connectivity index (χ2v) is 6.24. The molecular weight excluding hydrogens is 268 g/mol. The Morgan fingerprint density at radius 3 is 2.74 bits per heavy atom. The van der Waals surface area contributed by atoms with Gasteiger partial charge in [0, 0.05) is 12.3 Å². The van der Waals surface area contributed by atoms with Gasteiger partial charge in [-0.15, -0.1) is 11.8 Å². The molecule has 2 aliphatic heterocycles. The number of nitrogens with one attached hydrogen (secondary N) is 1. The maximum absolute atomic E-state index is 12.5. The predicted molar refractivity (Wildman–Crippen MR) is 71.8 cm³/mol. The van der Waals surface area contributed by atoms with Gasteiger partial charge in [0.15, 0.2) is 0 Å². The molecule has 2 rings (SSSR count). The number of carbonyl (C=O) groups excluding carboxylic acids is 1. The molecule has 3 N–H and O–H groups in total. The highest BCUT2D eigenvalue weighted by atomic mass is 32.2. The molecule has 108 valence electrons. The number of hydrogen-bond acceptors (Lipinski definition) is 5. The molecule has 2 heterocycles. The zero-order valence-electron chi connectivity index (χ0n) is 10.9. The van der Waals surface area contributed by atoms with Crippen LogP contribution in [0.15, 0.2) is 0 Å². The fraction of sp³-hybridized carbons (Fsp3) is 0.833. The molecule has 1 amide bonds. The first-order valence-corrected chi connectivity index (χ1v) is 7.67. The van der Waals surface area contributed by atoms with Crippen molar-refractivity contribution in [3.8, 4) is 0 Å². The number of aliphatic carboxylic acids is 1. The van der Waals surface area contributed by atoms with Crippen molar-refractivity contribution in [2.75, 3.05) is 12.3 Å². The van der Waals surface area contributed by atoms with Crippen LogP contribution in [0.3, 0.4) is 0 Å². The van der Waals surface area contributed by atoms with E-state index < -0.39 is 24.2 Å². The van der Waals surface area contributed by atoms with E-state index in [1.165, 1.54) is 16.7 Å². The van der Waals surface area contributed by atoms with Crippen molar-refractivity contribution in [1.82, 2.24) is 10.2 Å². The van der Waals surface area contributed by atoms with Crippen LogP contribution in [0.2, 0.25) is 0 Å². The molecule has 0 spiro atoms. The van der Waals surface area contributed by atoms with Crippen LogP contribution in [-0.2, 0) is 9.59 Å². The predicted octanol–water partition coefficient (Wildman–Crippen LogP) is -0.136. The number of hydrogen-bond donors (Lipinski definition) is 3. The van der Waals surface area contributed by atoms with E-state index in [1.54, 1.807) is 0 Å². The van der Waals surface area contributed by atoms with Crippen molar-refractivity contribution in [3.05, 3.63) is 0 Å². The van der Waals surface area contributed by atoms with E-state index in [2.05, 4.69) is 5.32 Å². The Kier molecular flexibility index (Phi) is 4.70. The standard InChI is InChI=1S/C12H20N2O4S/c1-2-3-10-14(9(6-19-10)12(17)18)11(16)8-4-7(15)5-13-8/h7-10,13,15H,2-6H2,1H3,(H,17,18). The lowest BCUT2D eigenvalue weighted by atomic mass is 10.1. The topological polar surface area (TPSA) is 89.9 Å². The number of β-amino-alcohol motifs (C(OH)–C–C–N with tert-alkyl or cyclic N) is 1. The maximum Gasteiger partial charge on any atom is 0.327 e. The van der Waals surface area contributed by atoms with Gasteiger partial charge in [0.05, 0.1) is 17.5 Å². The van der Waals surface area contributed by atoms with E-state index in [1.807, 2.05) is 6.92 Å². The Labute approximate surface area is 116 Å². The van der Waals surface area contributed by atoms with E-state index >= 15 is 0 Å². The van der Waals surface area contributed by atoms with Gasteiger partial charge in [-0.3, -0.25) is 4.79 Å². The third-order valence-corrected chi connectivity index (χ3v) is 4.93. The Balaban J connectivity index is 2.11. The summed E-state index contributed by atoms with van der Waals surface area (Å²) >= 11 is 1.53. The van der Waals surface area contributed by atoms with Gasteiger partial charge in [-0.2, -0.15) is 0 Å². The first-order valence-electron chi connectivity index (χ1n) is 6.62. The number of rotatable bonds is 4. The molecule has 4 atom stereocenters. The molecule has 2 saturated heterocycles. The third-order valence-electron chi connectivity index (χ3n) is 3.57. The van der Waals surface area contributed by atoms with Gasteiger partial charge in [0.2, 0.25) is 5.91 Å². The second kappa shape index (κ2) is 6.11. The van der Waals surface area contributed by atoms with Gasteiger partial charge in [0.25, 0.3) is 0 Å². The van der Waals surface area contributed by atoms with Crippen molar-refractivity contribution in [2.45, 2.75) is 49.7 Å². The quantitative estimate of drug-likeness (QED) is 0.667. The van der Waals surface area contributed by atoms with Crippen molar-refractivity contribution in [3.63, 3.8) is 0 Å². The molecule has 6 nitrogen and oxygen atoms in total. The normalized spacial score (nSPS) is 34.7. The minimum absolute atomic E-state index is 0.0573. The number of aliphatic hydroxyl groups is 1. The van der Waals surface area contributed by atoms with Gasteiger partial charge in [-0.1, -0.05) is 13.3 Å². The molecule has 0 aromatic rings. The van der Waals surface area contributed by atoms with E-state index in [0.717, 1.165) is 12.8 Å². The highest BCUT2D eigenvalue weighted by Crippen LogP contribution is 2.33. The SMILES string of the molecule is CCCC1SCC(C(=O)O)N1C(=O)C1CC(O)CN1. The summed E-state index contributed by atoms with van der Waals surface area (Å²) in [6.45, 7) is 2.42. The van der Waals surface area contributed by atoms with Crippen LogP contribution >= 0.6 is 11.8 Å². The number of amides is 1.